The lowest BCUT2D eigenvalue weighted by Crippen LogP contribution is -2.14. The molecule has 96 valence electrons. The summed E-state index contributed by atoms with van der Waals surface area (Å²) in [5, 5.41) is 9.07. The highest BCUT2D eigenvalue weighted by atomic mass is 127. The van der Waals surface area contributed by atoms with Crippen LogP contribution in [0, 0.1) is 17.1 Å². The minimum atomic E-state index is -1.03. The fourth-order valence-corrected chi connectivity index (χ4v) is 2.95. The molecule has 0 radical (unpaired) electrons. The first-order chi connectivity index (χ1) is 8.69. The van der Waals surface area contributed by atoms with Gasteiger partial charge in [-0.2, -0.15) is 5.26 Å². The van der Waals surface area contributed by atoms with Gasteiger partial charge in [-0.25, -0.2) is 4.39 Å². The average Bonchev–Trinajstić information content (AvgIpc) is 2.38. The van der Waals surface area contributed by atoms with Crippen molar-refractivity contribution < 1.29 is 13.3 Å². The van der Waals surface area contributed by atoms with E-state index in [0.29, 0.717) is 12.4 Å². The van der Waals surface area contributed by atoms with Crippen molar-refractivity contribution in [2.45, 2.75) is 18.9 Å². The third-order valence-corrected chi connectivity index (χ3v) is 3.80. The van der Waals surface area contributed by atoms with Crippen LogP contribution in [0.25, 0.3) is 0 Å². The van der Waals surface area contributed by atoms with E-state index in [-0.39, 0.29) is 10.6 Å². The smallest absolute Gasteiger partial charge is 0.191 e. The van der Waals surface area contributed by atoms with Crippen molar-refractivity contribution in [2.24, 2.45) is 0 Å². The Morgan fingerprint density at radius 1 is 1.67 bits per heavy atom. The molecule has 1 unspecified atom stereocenters. The van der Waals surface area contributed by atoms with Crippen LogP contribution in [0.2, 0.25) is 5.02 Å². The van der Waals surface area contributed by atoms with E-state index >= 15 is 0 Å². The molecular formula is C11H8ClFINO2S. The summed E-state index contributed by atoms with van der Waals surface area (Å²) in [7, 11) is 0.977. The summed E-state index contributed by atoms with van der Waals surface area (Å²) in [6.45, 7) is 0.511. The predicted molar refractivity (Wildman–Crippen MR) is 76.3 cm³/mol. The first-order valence-corrected chi connectivity index (χ1v) is 8.82. The molecule has 18 heavy (non-hydrogen) atoms. The van der Waals surface area contributed by atoms with Crippen LogP contribution in [-0.4, -0.2) is 6.61 Å². The molecule has 0 bridgehead atoms. The summed E-state index contributed by atoms with van der Waals surface area (Å²) in [5.74, 6) is -0.241. The molecule has 1 heterocycles. The molecule has 1 aliphatic heterocycles. The van der Waals surface area contributed by atoms with E-state index in [4.69, 9.17) is 25.8 Å². The number of hydrogen-bond donors (Lipinski definition) is 0. The maximum atomic E-state index is 14.1. The van der Waals surface area contributed by atoms with Gasteiger partial charge >= 0.3 is 0 Å². The lowest BCUT2D eigenvalue weighted by Gasteiger charge is -2.23. The molecule has 0 amide bonds. The lowest BCUT2D eigenvalue weighted by atomic mass is 9.99. The van der Waals surface area contributed by atoms with Crippen LogP contribution in [0.15, 0.2) is 6.07 Å². The van der Waals surface area contributed by atoms with E-state index in [1.165, 1.54) is 0 Å². The average molecular weight is 400 g/mol. The first kappa shape index (κ1) is 14.2. The van der Waals surface area contributed by atoms with Crippen LogP contribution in [-0.2, 0) is 10.6 Å². The normalized spacial score (nSPS) is 15.4. The standard InChI is InChI=1S/C11H8ClFINO2S/c12-7-4-6-2-1-3-16-11(6)9(10(7)13)8(5-15)17-18-14/h4,8H,1-3H2. The number of ether oxygens (including phenoxy) is 1. The molecule has 1 atom stereocenters. The molecular weight excluding hydrogens is 392 g/mol. The zero-order chi connectivity index (χ0) is 13.1. The van der Waals surface area contributed by atoms with Crippen molar-refractivity contribution in [3.63, 3.8) is 0 Å². The number of hydrogen-bond acceptors (Lipinski definition) is 4. The van der Waals surface area contributed by atoms with Crippen LogP contribution < -0.4 is 4.74 Å². The summed E-state index contributed by atoms with van der Waals surface area (Å²) in [4.78, 5) is 0. The van der Waals surface area contributed by atoms with Crippen LogP contribution in [0.1, 0.15) is 23.7 Å². The third-order valence-electron chi connectivity index (χ3n) is 2.63. The number of aryl methyl sites for hydroxylation is 1. The zero-order valence-corrected chi connectivity index (χ0v) is 12.8. The number of nitriles is 1. The van der Waals surface area contributed by atoms with Crippen LogP contribution in [0.5, 0.6) is 5.75 Å². The predicted octanol–water partition coefficient (Wildman–Crippen LogP) is 4.38. The van der Waals surface area contributed by atoms with Crippen molar-refractivity contribution in [3.05, 3.63) is 28.0 Å². The molecule has 3 nitrogen and oxygen atoms in total. The van der Waals surface area contributed by atoms with Gasteiger partial charge < -0.3 is 4.74 Å². The van der Waals surface area contributed by atoms with Gasteiger partial charge in [0.15, 0.2) is 11.9 Å². The number of nitrogens with zero attached hydrogens (tertiary/aromatic N) is 1. The second-order valence-corrected chi connectivity index (χ2v) is 5.50. The highest BCUT2D eigenvalue weighted by Gasteiger charge is 2.28. The number of rotatable bonds is 3. The molecule has 0 aromatic heterocycles. The number of halogens is 3. The minimum Gasteiger partial charge on any atom is -0.493 e. The Kier molecular flexibility index (Phi) is 4.95. The van der Waals surface area contributed by atoms with E-state index in [9.17, 15) is 4.39 Å². The largest absolute Gasteiger partial charge is 0.493 e. The van der Waals surface area contributed by atoms with Gasteiger partial charge in [0, 0.05) is 21.2 Å². The van der Waals surface area contributed by atoms with Crippen LogP contribution in [0.3, 0.4) is 0 Å². The Morgan fingerprint density at radius 2 is 2.44 bits per heavy atom. The summed E-state index contributed by atoms with van der Waals surface area (Å²) in [6.07, 6.45) is 0.586. The Hall–Kier alpha value is -0.230. The van der Waals surface area contributed by atoms with Crippen molar-refractivity contribution in [1.29, 1.82) is 5.26 Å². The van der Waals surface area contributed by atoms with Crippen molar-refractivity contribution in [1.82, 2.24) is 0 Å². The summed E-state index contributed by atoms with van der Waals surface area (Å²) in [6, 6.07) is 3.47. The Morgan fingerprint density at radius 3 is 3.11 bits per heavy atom. The molecule has 7 heteroatoms. The van der Waals surface area contributed by atoms with Gasteiger partial charge in [0.05, 0.1) is 26.4 Å². The second kappa shape index (κ2) is 6.28. The van der Waals surface area contributed by atoms with Gasteiger partial charge in [0.1, 0.15) is 11.8 Å². The Bertz CT molecular complexity index is 509. The molecule has 0 fully saturated rings. The SMILES string of the molecule is N#CC(OSI)c1c(F)c(Cl)cc2c1OCCC2. The molecule has 1 aromatic carbocycles. The highest BCUT2D eigenvalue weighted by molar-refractivity contribution is 14.2. The summed E-state index contributed by atoms with van der Waals surface area (Å²) in [5.41, 5.74) is 0.925. The van der Waals surface area contributed by atoms with E-state index in [2.05, 4.69) is 0 Å². The molecule has 1 aromatic rings. The van der Waals surface area contributed by atoms with E-state index in [0.717, 1.165) is 27.6 Å². The molecule has 0 N–H and O–H groups in total. The van der Waals surface area contributed by atoms with Crippen molar-refractivity contribution in [2.75, 3.05) is 6.61 Å². The molecule has 0 saturated carbocycles. The van der Waals surface area contributed by atoms with Gasteiger partial charge in [-0.05, 0) is 24.5 Å². The van der Waals surface area contributed by atoms with Gasteiger partial charge in [-0.15, -0.1) is 0 Å². The molecule has 2 rings (SSSR count). The Balaban J connectivity index is 2.56. The topological polar surface area (TPSA) is 42.2 Å². The first-order valence-electron chi connectivity index (χ1n) is 5.16. The maximum absolute atomic E-state index is 14.1. The van der Waals surface area contributed by atoms with Crippen molar-refractivity contribution in [3.8, 4) is 11.8 Å². The summed E-state index contributed by atoms with van der Waals surface area (Å²) < 4.78 is 24.7. The summed E-state index contributed by atoms with van der Waals surface area (Å²) >= 11 is 7.72. The second-order valence-electron chi connectivity index (χ2n) is 3.69. The highest BCUT2D eigenvalue weighted by Crippen LogP contribution is 2.41. The van der Waals surface area contributed by atoms with Gasteiger partial charge in [0.25, 0.3) is 0 Å². The lowest BCUT2D eigenvalue weighted by molar-refractivity contribution is 0.258. The fraction of sp³-hybridized carbons (Fsp3) is 0.364. The fourth-order valence-electron chi connectivity index (χ4n) is 1.88. The Labute approximate surface area is 125 Å². The van der Waals surface area contributed by atoms with Crippen molar-refractivity contribution >= 4 is 42.0 Å². The van der Waals surface area contributed by atoms with Gasteiger partial charge in [-0.3, -0.25) is 4.18 Å². The molecule has 1 aliphatic rings. The van der Waals surface area contributed by atoms with E-state index < -0.39 is 11.9 Å². The van der Waals surface area contributed by atoms with Gasteiger partial charge in [-0.1, -0.05) is 11.6 Å². The molecule has 0 saturated heterocycles. The minimum absolute atomic E-state index is 0.00319. The molecule has 0 spiro atoms. The third kappa shape index (κ3) is 2.69. The number of fused-ring (bicyclic) bond motifs is 1. The molecule has 0 aliphatic carbocycles. The monoisotopic (exact) mass is 399 g/mol. The number of benzene rings is 1. The quantitative estimate of drug-likeness (QED) is 0.559. The van der Waals surface area contributed by atoms with E-state index in [1.54, 1.807) is 6.07 Å². The van der Waals surface area contributed by atoms with Crippen LogP contribution >= 0.6 is 42.0 Å². The maximum Gasteiger partial charge on any atom is 0.191 e. The van der Waals surface area contributed by atoms with Crippen LogP contribution in [0.4, 0.5) is 4.39 Å². The zero-order valence-electron chi connectivity index (χ0n) is 9.08. The van der Waals surface area contributed by atoms with Gasteiger partial charge in [0.2, 0.25) is 0 Å². The van der Waals surface area contributed by atoms with E-state index in [1.807, 2.05) is 27.3 Å².